The Labute approximate surface area is 147 Å². The summed E-state index contributed by atoms with van der Waals surface area (Å²) in [6.07, 6.45) is 5.38. The normalized spacial score (nSPS) is 22.6. The third-order valence-corrected chi connectivity index (χ3v) is 5.71. The lowest BCUT2D eigenvalue weighted by Gasteiger charge is -2.33. The highest BCUT2D eigenvalue weighted by Gasteiger charge is 2.38. The van der Waals surface area contributed by atoms with E-state index >= 15 is 0 Å². The molecule has 0 radical (unpaired) electrons. The molecule has 2 aliphatic rings. The Bertz CT molecular complexity index is 643. The summed E-state index contributed by atoms with van der Waals surface area (Å²) in [5.41, 5.74) is 5.71. The monoisotopic (exact) mass is 347 g/mol. The highest BCUT2D eigenvalue weighted by Crippen LogP contribution is 2.41. The number of primary amides is 1. The van der Waals surface area contributed by atoms with Gasteiger partial charge in [0, 0.05) is 25.0 Å². The highest BCUT2D eigenvalue weighted by molar-refractivity contribution is 5.80. The Kier molecular flexibility index (Phi) is 5.25. The van der Waals surface area contributed by atoms with Crippen molar-refractivity contribution in [3.8, 4) is 0 Å². The molecular formula is C19H26FN3O2. The molecule has 1 heterocycles. The first kappa shape index (κ1) is 17.7. The van der Waals surface area contributed by atoms with Crippen LogP contribution in [0.1, 0.15) is 44.1 Å². The zero-order chi connectivity index (χ0) is 17.9. The van der Waals surface area contributed by atoms with Crippen LogP contribution in [0.25, 0.3) is 0 Å². The van der Waals surface area contributed by atoms with Crippen molar-refractivity contribution in [1.29, 1.82) is 0 Å². The molecule has 1 saturated carbocycles. The molecule has 3 N–H and O–H groups in total. The molecule has 2 fully saturated rings. The molecule has 0 spiro atoms. The number of benzene rings is 1. The van der Waals surface area contributed by atoms with E-state index in [0.29, 0.717) is 25.2 Å². The number of urea groups is 1. The third-order valence-electron chi connectivity index (χ3n) is 5.71. The van der Waals surface area contributed by atoms with Crippen LogP contribution in [-0.4, -0.2) is 36.5 Å². The van der Waals surface area contributed by atoms with Gasteiger partial charge in [0.25, 0.3) is 0 Å². The van der Waals surface area contributed by atoms with Gasteiger partial charge in [-0.1, -0.05) is 31.0 Å². The maximum Gasteiger partial charge on any atom is 0.314 e. The molecule has 1 atom stereocenters. The summed E-state index contributed by atoms with van der Waals surface area (Å²) >= 11 is 0. The summed E-state index contributed by atoms with van der Waals surface area (Å²) in [6.45, 7) is 1.42. The molecule has 3 rings (SSSR count). The van der Waals surface area contributed by atoms with Crippen molar-refractivity contribution in [3.63, 3.8) is 0 Å². The van der Waals surface area contributed by atoms with Crippen LogP contribution in [0, 0.1) is 11.7 Å². The van der Waals surface area contributed by atoms with Crippen LogP contribution in [0.5, 0.6) is 0 Å². The van der Waals surface area contributed by atoms with Crippen LogP contribution >= 0.6 is 0 Å². The van der Waals surface area contributed by atoms with Crippen molar-refractivity contribution in [1.82, 2.24) is 10.2 Å². The number of carbonyl (C=O) groups excluding carboxylic acids is 2. The van der Waals surface area contributed by atoms with Crippen LogP contribution in [0.15, 0.2) is 24.3 Å². The van der Waals surface area contributed by atoms with E-state index in [0.717, 1.165) is 38.5 Å². The minimum atomic E-state index is -0.476. The molecule has 0 bridgehead atoms. The first-order chi connectivity index (χ1) is 12.0. The predicted octanol–water partition coefficient (Wildman–Crippen LogP) is 2.54. The van der Waals surface area contributed by atoms with E-state index in [9.17, 15) is 14.0 Å². The van der Waals surface area contributed by atoms with Crippen LogP contribution in [0.2, 0.25) is 0 Å². The van der Waals surface area contributed by atoms with Crippen LogP contribution < -0.4 is 11.1 Å². The lowest BCUT2D eigenvalue weighted by atomic mass is 9.78. The predicted molar refractivity (Wildman–Crippen MR) is 93.4 cm³/mol. The van der Waals surface area contributed by atoms with Crippen molar-refractivity contribution in [2.45, 2.75) is 43.9 Å². The van der Waals surface area contributed by atoms with Crippen LogP contribution in [0.3, 0.4) is 0 Å². The standard InChI is InChI=1S/C19H26FN3O2/c20-16-8-2-1-7-15(16)19(9-3-4-10-19)13-22-17(24)14-6-5-11-23(12-14)18(21)25/h1-2,7-8,14H,3-6,9-13H2,(H2,21,25)(H,22,24)/t14-/m0/s1. The van der Waals surface area contributed by atoms with Crippen molar-refractivity contribution in [3.05, 3.63) is 35.6 Å². The second kappa shape index (κ2) is 7.42. The maximum absolute atomic E-state index is 14.3. The quantitative estimate of drug-likeness (QED) is 0.878. The summed E-state index contributed by atoms with van der Waals surface area (Å²) in [6, 6.07) is 6.40. The van der Waals surface area contributed by atoms with Crippen molar-refractivity contribution in [2.75, 3.05) is 19.6 Å². The second-order valence-electron chi connectivity index (χ2n) is 7.31. The lowest BCUT2D eigenvalue weighted by Crippen LogP contribution is -2.49. The van der Waals surface area contributed by atoms with E-state index in [2.05, 4.69) is 5.32 Å². The Morgan fingerprint density at radius 2 is 1.96 bits per heavy atom. The number of rotatable bonds is 4. The topological polar surface area (TPSA) is 75.4 Å². The number of nitrogens with one attached hydrogen (secondary N) is 1. The lowest BCUT2D eigenvalue weighted by molar-refractivity contribution is -0.126. The van der Waals surface area contributed by atoms with E-state index in [-0.39, 0.29) is 23.1 Å². The van der Waals surface area contributed by atoms with Gasteiger partial charge >= 0.3 is 6.03 Å². The zero-order valence-electron chi connectivity index (χ0n) is 14.5. The molecule has 1 aromatic rings. The molecule has 136 valence electrons. The van der Waals surface area contributed by atoms with Gasteiger partial charge in [0.2, 0.25) is 5.91 Å². The second-order valence-corrected chi connectivity index (χ2v) is 7.31. The Morgan fingerprint density at radius 3 is 2.64 bits per heavy atom. The number of nitrogens with zero attached hydrogens (tertiary/aromatic N) is 1. The van der Waals surface area contributed by atoms with Gasteiger partial charge in [0.15, 0.2) is 0 Å². The summed E-state index contributed by atoms with van der Waals surface area (Å²) < 4.78 is 14.3. The van der Waals surface area contributed by atoms with Gasteiger partial charge in [-0.05, 0) is 37.3 Å². The van der Waals surface area contributed by atoms with Gasteiger partial charge in [-0.2, -0.15) is 0 Å². The SMILES string of the molecule is NC(=O)N1CCC[C@H](C(=O)NCC2(c3ccccc3F)CCCC2)C1. The number of nitrogens with two attached hydrogens (primary N) is 1. The first-order valence-corrected chi connectivity index (χ1v) is 9.09. The highest BCUT2D eigenvalue weighted by atomic mass is 19.1. The molecule has 6 heteroatoms. The average Bonchev–Trinajstić information content (AvgIpc) is 3.10. The molecule has 1 aliphatic carbocycles. The maximum atomic E-state index is 14.3. The van der Waals surface area contributed by atoms with Crippen molar-refractivity contribution < 1.29 is 14.0 Å². The van der Waals surface area contributed by atoms with E-state index < -0.39 is 6.03 Å². The Hall–Kier alpha value is -2.11. The fourth-order valence-corrected chi connectivity index (χ4v) is 4.28. The van der Waals surface area contributed by atoms with Gasteiger partial charge in [-0.3, -0.25) is 4.79 Å². The van der Waals surface area contributed by atoms with E-state index in [1.807, 2.05) is 12.1 Å². The Morgan fingerprint density at radius 1 is 1.24 bits per heavy atom. The van der Waals surface area contributed by atoms with E-state index in [4.69, 9.17) is 5.73 Å². The number of likely N-dealkylation sites (tertiary alicyclic amines) is 1. The fraction of sp³-hybridized carbons (Fsp3) is 0.579. The Balaban J connectivity index is 1.67. The summed E-state index contributed by atoms with van der Waals surface area (Å²) in [7, 11) is 0. The molecule has 1 aromatic carbocycles. The molecule has 1 aliphatic heterocycles. The number of piperidine rings is 1. The van der Waals surface area contributed by atoms with Gasteiger partial charge in [0.1, 0.15) is 5.82 Å². The minimum Gasteiger partial charge on any atom is -0.355 e. The van der Waals surface area contributed by atoms with Gasteiger partial charge < -0.3 is 16.0 Å². The summed E-state index contributed by atoms with van der Waals surface area (Å²) in [4.78, 5) is 25.5. The zero-order valence-corrected chi connectivity index (χ0v) is 14.5. The molecule has 0 unspecified atom stereocenters. The largest absolute Gasteiger partial charge is 0.355 e. The van der Waals surface area contributed by atoms with Gasteiger partial charge in [-0.25, -0.2) is 9.18 Å². The third kappa shape index (κ3) is 3.78. The number of amides is 3. The summed E-state index contributed by atoms with van der Waals surface area (Å²) in [5, 5.41) is 3.04. The molecule has 0 aromatic heterocycles. The molecule has 3 amide bonds. The first-order valence-electron chi connectivity index (χ1n) is 9.09. The molecule has 1 saturated heterocycles. The fourth-order valence-electron chi connectivity index (χ4n) is 4.28. The van der Waals surface area contributed by atoms with Gasteiger partial charge in [-0.15, -0.1) is 0 Å². The molecule has 5 nitrogen and oxygen atoms in total. The van der Waals surface area contributed by atoms with Crippen molar-refractivity contribution in [2.24, 2.45) is 11.7 Å². The van der Waals surface area contributed by atoms with Crippen LogP contribution in [0.4, 0.5) is 9.18 Å². The number of hydrogen-bond donors (Lipinski definition) is 2. The van der Waals surface area contributed by atoms with E-state index in [1.165, 1.54) is 11.0 Å². The summed E-state index contributed by atoms with van der Waals surface area (Å²) in [5.74, 6) is -0.495. The number of carbonyl (C=O) groups is 2. The average molecular weight is 347 g/mol. The number of halogens is 1. The smallest absolute Gasteiger partial charge is 0.314 e. The van der Waals surface area contributed by atoms with Crippen LogP contribution in [-0.2, 0) is 10.2 Å². The molecule has 25 heavy (non-hydrogen) atoms. The number of hydrogen-bond acceptors (Lipinski definition) is 2. The van der Waals surface area contributed by atoms with Crippen molar-refractivity contribution >= 4 is 11.9 Å². The van der Waals surface area contributed by atoms with Gasteiger partial charge in [0.05, 0.1) is 5.92 Å². The molecular weight excluding hydrogens is 321 g/mol. The minimum absolute atomic E-state index is 0.0615. The van der Waals surface area contributed by atoms with E-state index in [1.54, 1.807) is 6.07 Å².